The third-order valence-electron chi connectivity index (χ3n) is 1.56. The highest BCUT2D eigenvalue weighted by atomic mass is 28.3. The van der Waals surface area contributed by atoms with E-state index in [-0.39, 0.29) is 0 Å². The molecule has 0 bridgehead atoms. The zero-order valence-corrected chi connectivity index (χ0v) is 8.84. The van der Waals surface area contributed by atoms with Crippen molar-refractivity contribution in [1.29, 1.82) is 0 Å². The molecule has 0 amide bonds. The predicted octanol–water partition coefficient (Wildman–Crippen LogP) is -0.225. The maximum Gasteiger partial charge on any atom is 0.184 e. The van der Waals surface area contributed by atoms with Crippen molar-refractivity contribution >= 4 is 9.12 Å². The van der Waals surface area contributed by atoms with Gasteiger partial charge >= 0.3 is 0 Å². The average molecular weight is 175 g/mol. The lowest BCUT2D eigenvalue weighted by Crippen LogP contribution is -2.48. The van der Waals surface area contributed by atoms with Crippen LogP contribution < -0.4 is 15.7 Å². The molecule has 0 aliphatic rings. The quantitative estimate of drug-likeness (QED) is 0.469. The van der Waals surface area contributed by atoms with Crippen LogP contribution in [-0.2, 0) is 0 Å². The van der Waals surface area contributed by atoms with Crippen LogP contribution in [0.5, 0.6) is 0 Å². The Hall–Kier alpha value is 0.0969. The van der Waals surface area contributed by atoms with Gasteiger partial charge in [0.1, 0.15) is 0 Å². The van der Waals surface area contributed by atoms with Gasteiger partial charge in [0.2, 0.25) is 0 Å². The van der Waals surface area contributed by atoms with E-state index in [9.17, 15) is 0 Å². The van der Waals surface area contributed by atoms with Crippen molar-refractivity contribution in [2.24, 2.45) is 5.73 Å². The lowest BCUT2D eigenvalue weighted by atomic mass is 10.6. The maximum absolute atomic E-state index is 5.40. The molecule has 4 N–H and O–H groups in total. The Kier molecular flexibility index (Phi) is 8.27. The van der Waals surface area contributed by atoms with Gasteiger partial charge in [-0.05, 0) is 12.6 Å². The van der Waals surface area contributed by atoms with E-state index in [1.165, 1.54) is 12.5 Å². The van der Waals surface area contributed by atoms with Crippen LogP contribution >= 0.6 is 0 Å². The standard InChI is InChI=1S/C7H21N3Si/c1-3-7-11(9-4-2)10-6-5-8/h9-11H,3-8H2,1-2H3. The second kappa shape index (κ2) is 8.20. The summed E-state index contributed by atoms with van der Waals surface area (Å²) in [6, 6.07) is 1.31. The molecule has 0 aromatic heterocycles. The molecule has 0 aromatic rings. The van der Waals surface area contributed by atoms with Gasteiger partial charge in [0, 0.05) is 13.1 Å². The molecule has 0 aliphatic carbocycles. The Morgan fingerprint density at radius 1 is 1.27 bits per heavy atom. The van der Waals surface area contributed by atoms with Crippen LogP contribution in [0.4, 0.5) is 0 Å². The molecule has 0 fully saturated rings. The minimum atomic E-state index is -0.831. The van der Waals surface area contributed by atoms with Crippen LogP contribution in [0.25, 0.3) is 0 Å². The van der Waals surface area contributed by atoms with Crippen molar-refractivity contribution in [2.45, 2.75) is 26.3 Å². The van der Waals surface area contributed by atoms with E-state index in [1.807, 2.05) is 0 Å². The monoisotopic (exact) mass is 175 g/mol. The van der Waals surface area contributed by atoms with Crippen molar-refractivity contribution in [3.8, 4) is 0 Å². The summed E-state index contributed by atoms with van der Waals surface area (Å²) in [7, 11) is -0.831. The molecule has 11 heavy (non-hydrogen) atoms. The highest BCUT2D eigenvalue weighted by Crippen LogP contribution is 1.89. The Morgan fingerprint density at radius 2 is 2.00 bits per heavy atom. The Bertz CT molecular complexity index is 74.1. The van der Waals surface area contributed by atoms with Crippen molar-refractivity contribution in [2.75, 3.05) is 19.6 Å². The summed E-state index contributed by atoms with van der Waals surface area (Å²) in [4.78, 5) is 6.96. The molecule has 0 spiro atoms. The molecule has 1 unspecified atom stereocenters. The minimum absolute atomic E-state index is 0.749. The molecule has 3 nitrogen and oxygen atoms in total. The van der Waals surface area contributed by atoms with E-state index in [0.29, 0.717) is 0 Å². The van der Waals surface area contributed by atoms with Crippen molar-refractivity contribution in [1.82, 2.24) is 9.96 Å². The first-order chi connectivity index (χ1) is 5.35. The fourth-order valence-corrected chi connectivity index (χ4v) is 3.21. The van der Waals surface area contributed by atoms with Crippen LogP contribution in [0, 0.1) is 0 Å². The molecule has 68 valence electrons. The van der Waals surface area contributed by atoms with Gasteiger partial charge in [-0.2, -0.15) is 0 Å². The summed E-state index contributed by atoms with van der Waals surface area (Å²) in [6.45, 7) is 7.16. The van der Waals surface area contributed by atoms with E-state index in [0.717, 1.165) is 19.6 Å². The lowest BCUT2D eigenvalue weighted by Gasteiger charge is -2.15. The Labute approximate surface area is 71.5 Å². The summed E-state index contributed by atoms with van der Waals surface area (Å²) in [5.41, 5.74) is 5.40. The molecule has 0 rings (SSSR count). The molecule has 0 saturated heterocycles. The van der Waals surface area contributed by atoms with Gasteiger partial charge in [0.25, 0.3) is 0 Å². The fourth-order valence-electron chi connectivity index (χ4n) is 1.07. The summed E-state index contributed by atoms with van der Waals surface area (Å²) >= 11 is 0. The zero-order chi connectivity index (χ0) is 8.53. The van der Waals surface area contributed by atoms with Gasteiger partial charge in [-0.1, -0.05) is 20.3 Å². The number of nitrogens with two attached hydrogens (primary N) is 1. The summed E-state index contributed by atoms with van der Waals surface area (Å²) in [5, 5.41) is 0. The first kappa shape index (κ1) is 11.1. The van der Waals surface area contributed by atoms with Crippen LogP contribution in [0.2, 0.25) is 6.04 Å². The molecule has 1 atom stereocenters. The fraction of sp³-hybridized carbons (Fsp3) is 1.00. The van der Waals surface area contributed by atoms with E-state index >= 15 is 0 Å². The van der Waals surface area contributed by atoms with Gasteiger partial charge in [-0.15, -0.1) is 0 Å². The van der Waals surface area contributed by atoms with Crippen LogP contribution in [0.1, 0.15) is 20.3 Å². The first-order valence-electron chi connectivity index (χ1n) is 4.52. The van der Waals surface area contributed by atoms with Gasteiger partial charge in [-0.25, -0.2) is 0 Å². The minimum Gasteiger partial charge on any atom is -0.329 e. The van der Waals surface area contributed by atoms with Gasteiger partial charge < -0.3 is 15.7 Å². The number of rotatable bonds is 7. The average Bonchev–Trinajstić information content (AvgIpc) is 2.01. The third-order valence-corrected chi connectivity index (χ3v) is 4.40. The SMILES string of the molecule is CCC[SiH](NCC)NCCN. The first-order valence-corrected chi connectivity index (χ1v) is 6.49. The summed E-state index contributed by atoms with van der Waals surface area (Å²) in [6.07, 6.45) is 1.27. The van der Waals surface area contributed by atoms with Crippen LogP contribution in [0.3, 0.4) is 0 Å². The van der Waals surface area contributed by atoms with Gasteiger partial charge in [0.15, 0.2) is 9.12 Å². The summed E-state index contributed by atoms with van der Waals surface area (Å²) < 4.78 is 0. The summed E-state index contributed by atoms with van der Waals surface area (Å²) in [5.74, 6) is 0. The molecular weight excluding hydrogens is 154 g/mol. The largest absolute Gasteiger partial charge is 0.329 e. The molecule has 0 aromatic carbocycles. The van der Waals surface area contributed by atoms with E-state index < -0.39 is 9.12 Å². The second-order valence-electron chi connectivity index (χ2n) is 2.64. The Morgan fingerprint density at radius 3 is 2.45 bits per heavy atom. The van der Waals surface area contributed by atoms with Gasteiger partial charge in [-0.3, -0.25) is 0 Å². The van der Waals surface area contributed by atoms with Crippen molar-refractivity contribution < 1.29 is 0 Å². The number of hydrogen-bond donors (Lipinski definition) is 3. The number of hydrogen-bond acceptors (Lipinski definition) is 3. The molecular formula is C7H21N3Si. The topological polar surface area (TPSA) is 50.1 Å². The molecule has 0 saturated carbocycles. The van der Waals surface area contributed by atoms with Crippen molar-refractivity contribution in [3.63, 3.8) is 0 Å². The van der Waals surface area contributed by atoms with E-state index in [1.54, 1.807) is 0 Å². The molecule has 0 radical (unpaired) electrons. The van der Waals surface area contributed by atoms with Crippen LogP contribution in [0.15, 0.2) is 0 Å². The number of nitrogens with one attached hydrogen (secondary N) is 2. The van der Waals surface area contributed by atoms with E-state index in [2.05, 4.69) is 23.8 Å². The predicted molar refractivity (Wildman–Crippen MR) is 53.0 cm³/mol. The zero-order valence-electron chi connectivity index (χ0n) is 7.69. The molecule has 0 aliphatic heterocycles. The lowest BCUT2D eigenvalue weighted by molar-refractivity contribution is 0.825. The third kappa shape index (κ3) is 6.49. The smallest absolute Gasteiger partial charge is 0.184 e. The maximum atomic E-state index is 5.40. The second-order valence-corrected chi connectivity index (χ2v) is 5.14. The van der Waals surface area contributed by atoms with Gasteiger partial charge in [0.05, 0.1) is 0 Å². The van der Waals surface area contributed by atoms with E-state index in [4.69, 9.17) is 5.73 Å². The Balaban J connectivity index is 3.34. The highest BCUT2D eigenvalue weighted by molar-refractivity contribution is 6.53. The highest BCUT2D eigenvalue weighted by Gasteiger charge is 2.05. The van der Waals surface area contributed by atoms with Crippen molar-refractivity contribution in [3.05, 3.63) is 0 Å². The molecule has 4 heteroatoms. The van der Waals surface area contributed by atoms with Crippen LogP contribution in [-0.4, -0.2) is 28.8 Å². The molecule has 0 heterocycles. The normalized spacial score (nSPS) is 13.4.